The minimum absolute atomic E-state index is 0.228. The van der Waals surface area contributed by atoms with Gasteiger partial charge in [-0.05, 0) is 43.7 Å². The van der Waals surface area contributed by atoms with E-state index in [0.717, 1.165) is 36.2 Å². The fourth-order valence-electron chi connectivity index (χ4n) is 2.39. The summed E-state index contributed by atoms with van der Waals surface area (Å²) in [6.07, 6.45) is 2.87. The highest BCUT2D eigenvalue weighted by Crippen LogP contribution is 2.36. The average Bonchev–Trinajstić information content (AvgIpc) is 3.16. The number of hydrogen-bond donors (Lipinski definition) is 1. The molecule has 1 aliphatic rings. The lowest BCUT2D eigenvalue weighted by Crippen LogP contribution is -2.34. The third-order valence-electron chi connectivity index (χ3n) is 3.49. The van der Waals surface area contributed by atoms with Crippen LogP contribution in [0.2, 0.25) is 0 Å². The molecule has 1 saturated carbocycles. The van der Waals surface area contributed by atoms with Gasteiger partial charge < -0.3 is 5.32 Å². The molecule has 4 nitrogen and oxygen atoms in total. The molecule has 1 aliphatic carbocycles. The van der Waals surface area contributed by atoms with Crippen LogP contribution in [0.15, 0.2) is 10.3 Å². The Balaban J connectivity index is 2.34. The molecule has 0 radical (unpaired) electrons. The summed E-state index contributed by atoms with van der Waals surface area (Å²) < 4.78 is 27.7. The van der Waals surface area contributed by atoms with Gasteiger partial charge in [-0.25, -0.2) is 8.42 Å². The summed E-state index contributed by atoms with van der Waals surface area (Å²) in [7, 11) is -3.34. The lowest BCUT2D eigenvalue weighted by molar-refractivity contribution is 0.402. The van der Waals surface area contributed by atoms with Gasteiger partial charge in [-0.3, -0.25) is 0 Å². The molecular weight excluding hydrogens is 292 g/mol. The second-order valence-electron chi connectivity index (χ2n) is 5.30. The van der Waals surface area contributed by atoms with Crippen LogP contribution in [-0.4, -0.2) is 31.9 Å². The molecule has 6 heteroatoms. The van der Waals surface area contributed by atoms with Gasteiger partial charge in [-0.2, -0.15) is 4.31 Å². The summed E-state index contributed by atoms with van der Waals surface area (Å²) in [5.74, 6) is 0. The predicted octanol–water partition coefficient (Wildman–Crippen LogP) is 2.73. The Morgan fingerprint density at radius 1 is 1.40 bits per heavy atom. The van der Waals surface area contributed by atoms with Crippen molar-refractivity contribution >= 4 is 21.4 Å². The average molecular weight is 316 g/mol. The lowest BCUT2D eigenvalue weighted by atomic mass is 10.3. The molecule has 1 N–H and O–H groups in total. The summed E-state index contributed by atoms with van der Waals surface area (Å²) >= 11 is 1.54. The SMILES string of the molecule is CCCN(C1CC1)S(=O)(=O)c1c(C)csc1CNCC. The Kier molecular flexibility index (Phi) is 5.23. The molecule has 0 amide bonds. The van der Waals surface area contributed by atoms with Crippen molar-refractivity contribution in [2.45, 2.75) is 57.5 Å². The summed E-state index contributed by atoms with van der Waals surface area (Å²) in [6, 6.07) is 0.228. The summed E-state index contributed by atoms with van der Waals surface area (Å²) in [5.41, 5.74) is 0.879. The first-order valence-electron chi connectivity index (χ1n) is 7.31. The van der Waals surface area contributed by atoms with Crippen molar-refractivity contribution in [3.63, 3.8) is 0 Å². The second-order valence-corrected chi connectivity index (χ2v) is 8.09. The first-order valence-corrected chi connectivity index (χ1v) is 9.63. The molecule has 0 atom stereocenters. The topological polar surface area (TPSA) is 49.4 Å². The highest BCUT2D eigenvalue weighted by atomic mass is 32.2. The van der Waals surface area contributed by atoms with E-state index >= 15 is 0 Å². The smallest absolute Gasteiger partial charge is 0.244 e. The van der Waals surface area contributed by atoms with E-state index in [1.165, 1.54) is 0 Å². The number of thiophene rings is 1. The lowest BCUT2D eigenvalue weighted by Gasteiger charge is -2.22. The third-order valence-corrected chi connectivity index (χ3v) is 6.91. The maximum absolute atomic E-state index is 13.0. The standard InChI is InChI=1S/C14H24N2O2S2/c1-4-8-16(12-6-7-12)20(17,18)14-11(3)10-19-13(14)9-15-5-2/h10,12,15H,4-9H2,1-3H3. The van der Waals surface area contributed by atoms with Gasteiger partial charge in [-0.1, -0.05) is 13.8 Å². The molecular formula is C14H24N2O2S2. The van der Waals surface area contributed by atoms with Crippen molar-refractivity contribution < 1.29 is 8.42 Å². The zero-order chi connectivity index (χ0) is 14.8. The van der Waals surface area contributed by atoms with Crippen LogP contribution in [0.25, 0.3) is 0 Å². The summed E-state index contributed by atoms with van der Waals surface area (Å²) in [6.45, 7) is 8.07. The molecule has 2 rings (SSSR count). The van der Waals surface area contributed by atoms with Crippen molar-refractivity contribution in [1.82, 2.24) is 9.62 Å². The summed E-state index contributed by atoms with van der Waals surface area (Å²) in [5, 5.41) is 5.19. The monoisotopic (exact) mass is 316 g/mol. The molecule has 0 aromatic carbocycles. The number of rotatable bonds is 8. The molecule has 1 aromatic rings. The Morgan fingerprint density at radius 2 is 2.10 bits per heavy atom. The predicted molar refractivity (Wildman–Crippen MR) is 83.6 cm³/mol. The number of nitrogens with zero attached hydrogens (tertiary/aromatic N) is 1. The van der Waals surface area contributed by atoms with Crippen LogP contribution in [0.1, 0.15) is 43.6 Å². The van der Waals surface area contributed by atoms with Gasteiger partial charge in [-0.15, -0.1) is 11.3 Å². The number of nitrogens with one attached hydrogen (secondary N) is 1. The van der Waals surface area contributed by atoms with Crippen molar-refractivity contribution in [1.29, 1.82) is 0 Å². The van der Waals surface area contributed by atoms with E-state index in [-0.39, 0.29) is 6.04 Å². The Labute approximate surface area is 126 Å². The first-order chi connectivity index (χ1) is 9.52. The molecule has 0 spiro atoms. The van der Waals surface area contributed by atoms with Gasteiger partial charge in [0.1, 0.15) is 4.90 Å². The molecule has 0 aliphatic heterocycles. The Morgan fingerprint density at radius 3 is 2.65 bits per heavy atom. The molecule has 114 valence electrons. The van der Waals surface area contributed by atoms with Crippen LogP contribution < -0.4 is 5.32 Å². The molecule has 1 fully saturated rings. The van der Waals surface area contributed by atoms with E-state index in [4.69, 9.17) is 0 Å². The van der Waals surface area contributed by atoms with Crippen molar-refractivity contribution in [2.75, 3.05) is 13.1 Å². The molecule has 1 heterocycles. The van der Waals surface area contributed by atoms with Crippen LogP contribution in [0.5, 0.6) is 0 Å². The molecule has 1 aromatic heterocycles. The first kappa shape index (κ1) is 15.9. The normalized spacial score (nSPS) is 16.0. The van der Waals surface area contributed by atoms with Gasteiger partial charge in [0.05, 0.1) is 0 Å². The van der Waals surface area contributed by atoms with Crippen LogP contribution in [0.4, 0.5) is 0 Å². The number of hydrogen-bond acceptors (Lipinski definition) is 4. The quantitative estimate of drug-likeness (QED) is 0.802. The highest BCUT2D eigenvalue weighted by molar-refractivity contribution is 7.89. The minimum Gasteiger partial charge on any atom is -0.312 e. The zero-order valence-electron chi connectivity index (χ0n) is 12.5. The largest absolute Gasteiger partial charge is 0.312 e. The highest BCUT2D eigenvalue weighted by Gasteiger charge is 2.39. The molecule has 0 unspecified atom stereocenters. The maximum atomic E-state index is 13.0. The minimum atomic E-state index is -3.34. The molecule has 20 heavy (non-hydrogen) atoms. The van der Waals surface area contributed by atoms with Gasteiger partial charge in [0.15, 0.2) is 0 Å². The second kappa shape index (κ2) is 6.56. The number of aryl methyl sites for hydroxylation is 1. The fraction of sp³-hybridized carbons (Fsp3) is 0.714. The van der Waals surface area contributed by atoms with E-state index in [1.807, 2.05) is 26.2 Å². The third kappa shape index (κ3) is 3.24. The van der Waals surface area contributed by atoms with Gasteiger partial charge in [0, 0.05) is 24.0 Å². The number of sulfonamides is 1. The Bertz CT molecular complexity index is 548. The van der Waals surface area contributed by atoms with Gasteiger partial charge in [0.25, 0.3) is 0 Å². The molecule has 0 saturated heterocycles. The van der Waals surface area contributed by atoms with E-state index < -0.39 is 10.0 Å². The van der Waals surface area contributed by atoms with Gasteiger partial charge in [0.2, 0.25) is 10.0 Å². The van der Waals surface area contributed by atoms with Crippen LogP contribution >= 0.6 is 11.3 Å². The van der Waals surface area contributed by atoms with Crippen LogP contribution in [0.3, 0.4) is 0 Å². The molecule has 0 bridgehead atoms. The van der Waals surface area contributed by atoms with Crippen LogP contribution in [-0.2, 0) is 16.6 Å². The van der Waals surface area contributed by atoms with Crippen molar-refractivity contribution in [3.8, 4) is 0 Å². The maximum Gasteiger partial charge on any atom is 0.244 e. The van der Waals surface area contributed by atoms with E-state index in [9.17, 15) is 8.42 Å². The zero-order valence-corrected chi connectivity index (χ0v) is 14.1. The summed E-state index contributed by atoms with van der Waals surface area (Å²) in [4.78, 5) is 1.48. The van der Waals surface area contributed by atoms with E-state index in [0.29, 0.717) is 18.0 Å². The van der Waals surface area contributed by atoms with E-state index in [2.05, 4.69) is 5.32 Å². The van der Waals surface area contributed by atoms with Gasteiger partial charge >= 0.3 is 0 Å². The Hall–Kier alpha value is -0.430. The van der Waals surface area contributed by atoms with Crippen molar-refractivity contribution in [2.24, 2.45) is 0 Å². The van der Waals surface area contributed by atoms with E-state index in [1.54, 1.807) is 15.6 Å². The van der Waals surface area contributed by atoms with Crippen molar-refractivity contribution in [3.05, 3.63) is 15.8 Å². The fourth-order valence-corrected chi connectivity index (χ4v) is 5.91. The van der Waals surface area contributed by atoms with Crippen LogP contribution in [0, 0.1) is 6.92 Å².